The Morgan fingerprint density at radius 2 is 1.96 bits per heavy atom. The smallest absolute Gasteiger partial charge is 0.335 e. The van der Waals surface area contributed by atoms with Crippen molar-refractivity contribution in [1.82, 2.24) is 4.90 Å². The molecule has 142 valence electrons. The van der Waals surface area contributed by atoms with E-state index in [-0.39, 0.29) is 18.0 Å². The second-order valence-electron chi connectivity index (χ2n) is 6.06. The van der Waals surface area contributed by atoms with Crippen LogP contribution >= 0.6 is 24.0 Å². The molecule has 1 heterocycles. The van der Waals surface area contributed by atoms with Gasteiger partial charge in [0.25, 0.3) is 5.91 Å². The molecule has 3 rings (SSSR count). The van der Waals surface area contributed by atoms with E-state index in [2.05, 4.69) is 5.32 Å². The van der Waals surface area contributed by atoms with Crippen molar-refractivity contribution in [2.24, 2.45) is 0 Å². The number of aryl methyl sites for hydroxylation is 1. The van der Waals surface area contributed by atoms with Gasteiger partial charge in [-0.15, -0.1) is 0 Å². The highest BCUT2D eigenvalue weighted by atomic mass is 32.2. The van der Waals surface area contributed by atoms with Gasteiger partial charge in [-0.25, -0.2) is 4.79 Å². The van der Waals surface area contributed by atoms with Crippen molar-refractivity contribution in [3.8, 4) is 0 Å². The second-order valence-corrected chi connectivity index (χ2v) is 7.73. The fraction of sp³-hybridized carbons (Fsp3) is 0.100. The number of carboxylic acid groups (broad SMARTS) is 1. The van der Waals surface area contributed by atoms with E-state index in [1.54, 1.807) is 12.1 Å². The molecule has 28 heavy (non-hydrogen) atoms. The molecule has 2 aromatic rings. The molecule has 0 saturated carbocycles. The average molecular weight is 412 g/mol. The van der Waals surface area contributed by atoms with Crippen LogP contribution in [-0.4, -0.2) is 38.7 Å². The third-order valence-corrected chi connectivity index (χ3v) is 5.42. The predicted octanol–water partition coefficient (Wildman–Crippen LogP) is 3.53. The number of rotatable bonds is 5. The number of carbonyl (C=O) groups is 3. The first-order chi connectivity index (χ1) is 13.3. The van der Waals surface area contributed by atoms with Crippen LogP contribution in [0.3, 0.4) is 0 Å². The van der Waals surface area contributed by atoms with E-state index in [9.17, 15) is 14.4 Å². The Bertz CT molecular complexity index is 1020. The average Bonchev–Trinajstić information content (AvgIpc) is 2.91. The summed E-state index contributed by atoms with van der Waals surface area (Å²) in [7, 11) is 0. The SMILES string of the molecule is Cc1ccccc1/C=C1\SC(=S)N(CC(=O)Nc2cccc(C(=O)O)c2)C1=O. The van der Waals surface area contributed by atoms with Crippen LogP contribution in [0.4, 0.5) is 5.69 Å². The third-order valence-electron chi connectivity index (χ3n) is 4.04. The van der Waals surface area contributed by atoms with Gasteiger partial charge in [-0.05, 0) is 42.3 Å². The van der Waals surface area contributed by atoms with E-state index in [1.165, 1.54) is 23.1 Å². The minimum Gasteiger partial charge on any atom is -0.478 e. The van der Waals surface area contributed by atoms with Gasteiger partial charge in [0, 0.05) is 5.69 Å². The van der Waals surface area contributed by atoms with E-state index >= 15 is 0 Å². The highest BCUT2D eigenvalue weighted by Gasteiger charge is 2.33. The van der Waals surface area contributed by atoms with Crippen molar-refractivity contribution in [2.45, 2.75) is 6.92 Å². The number of thioether (sulfide) groups is 1. The van der Waals surface area contributed by atoms with Crippen LogP contribution in [0.25, 0.3) is 6.08 Å². The van der Waals surface area contributed by atoms with Crippen LogP contribution in [0.1, 0.15) is 21.5 Å². The number of hydrogen-bond donors (Lipinski definition) is 2. The van der Waals surface area contributed by atoms with Crippen molar-refractivity contribution in [3.63, 3.8) is 0 Å². The minimum absolute atomic E-state index is 0.0598. The topological polar surface area (TPSA) is 86.7 Å². The zero-order chi connectivity index (χ0) is 20.3. The van der Waals surface area contributed by atoms with Gasteiger partial charge in [0.2, 0.25) is 5.91 Å². The lowest BCUT2D eigenvalue weighted by atomic mass is 10.1. The van der Waals surface area contributed by atoms with Crippen molar-refractivity contribution in [2.75, 3.05) is 11.9 Å². The summed E-state index contributed by atoms with van der Waals surface area (Å²) >= 11 is 6.40. The number of hydrogen-bond acceptors (Lipinski definition) is 5. The van der Waals surface area contributed by atoms with Crippen molar-refractivity contribution >= 4 is 57.8 Å². The van der Waals surface area contributed by atoms with E-state index < -0.39 is 11.9 Å². The fourth-order valence-electron chi connectivity index (χ4n) is 2.60. The molecular weight excluding hydrogens is 396 g/mol. The van der Waals surface area contributed by atoms with Gasteiger partial charge < -0.3 is 10.4 Å². The molecule has 0 atom stereocenters. The molecule has 1 aliphatic heterocycles. The Labute approximate surface area is 171 Å². The molecule has 0 bridgehead atoms. The predicted molar refractivity (Wildman–Crippen MR) is 113 cm³/mol. The molecule has 1 saturated heterocycles. The van der Waals surface area contributed by atoms with Gasteiger partial charge >= 0.3 is 5.97 Å². The summed E-state index contributed by atoms with van der Waals surface area (Å²) in [6, 6.07) is 13.5. The zero-order valence-electron chi connectivity index (χ0n) is 14.8. The molecule has 1 aliphatic rings. The number of carbonyl (C=O) groups excluding carboxylic acids is 2. The van der Waals surface area contributed by atoms with Gasteiger partial charge in [0.15, 0.2) is 0 Å². The normalized spacial score (nSPS) is 15.2. The lowest BCUT2D eigenvalue weighted by molar-refractivity contribution is -0.126. The van der Waals surface area contributed by atoms with Gasteiger partial charge in [0.05, 0.1) is 10.5 Å². The first-order valence-corrected chi connectivity index (χ1v) is 9.52. The van der Waals surface area contributed by atoms with Crippen LogP contribution in [0.5, 0.6) is 0 Å². The summed E-state index contributed by atoms with van der Waals surface area (Å²) in [5.74, 6) is -1.88. The third kappa shape index (κ3) is 4.47. The molecule has 2 aromatic carbocycles. The Balaban J connectivity index is 1.71. The molecule has 0 aliphatic carbocycles. The van der Waals surface area contributed by atoms with Crippen LogP contribution in [0.15, 0.2) is 53.4 Å². The van der Waals surface area contributed by atoms with Crippen molar-refractivity contribution in [3.05, 3.63) is 70.1 Å². The lowest BCUT2D eigenvalue weighted by Crippen LogP contribution is -2.36. The summed E-state index contributed by atoms with van der Waals surface area (Å²) in [5.41, 5.74) is 2.34. The second kappa shape index (κ2) is 8.37. The standard InChI is InChI=1S/C20H16N2O4S2/c1-12-5-2-3-6-13(12)10-16-18(24)22(20(27)28-16)11-17(23)21-15-8-4-7-14(9-15)19(25)26/h2-10H,11H2,1H3,(H,21,23)(H,25,26)/b16-10-. The Kier molecular flexibility index (Phi) is 5.91. The fourth-order valence-corrected chi connectivity index (χ4v) is 3.85. The largest absolute Gasteiger partial charge is 0.478 e. The molecule has 0 spiro atoms. The maximum absolute atomic E-state index is 12.7. The molecule has 2 N–H and O–H groups in total. The maximum Gasteiger partial charge on any atom is 0.335 e. The van der Waals surface area contributed by atoms with Crippen LogP contribution < -0.4 is 5.32 Å². The Morgan fingerprint density at radius 1 is 1.21 bits per heavy atom. The van der Waals surface area contributed by atoms with E-state index in [0.717, 1.165) is 22.9 Å². The van der Waals surface area contributed by atoms with E-state index in [4.69, 9.17) is 17.3 Å². The first-order valence-electron chi connectivity index (χ1n) is 8.29. The molecule has 1 fully saturated rings. The lowest BCUT2D eigenvalue weighted by Gasteiger charge is -2.14. The highest BCUT2D eigenvalue weighted by Crippen LogP contribution is 2.32. The number of aromatic carboxylic acids is 1. The van der Waals surface area contributed by atoms with Crippen LogP contribution in [0, 0.1) is 6.92 Å². The van der Waals surface area contributed by atoms with Crippen molar-refractivity contribution in [1.29, 1.82) is 0 Å². The van der Waals surface area contributed by atoms with E-state index in [0.29, 0.717) is 14.9 Å². The molecule has 6 nitrogen and oxygen atoms in total. The maximum atomic E-state index is 12.7. The monoisotopic (exact) mass is 412 g/mol. The molecule has 8 heteroatoms. The van der Waals surface area contributed by atoms with Crippen LogP contribution in [0.2, 0.25) is 0 Å². The molecule has 0 unspecified atom stereocenters. The molecule has 0 radical (unpaired) electrons. The Morgan fingerprint density at radius 3 is 2.68 bits per heavy atom. The minimum atomic E-state index is -1.09. The summed E-state index contributed by atoms with van der Waals surface area (Å²) in [6.45, 7) is 1.71. The zero-order valence-corrected chi connectivity index (χ0v) is 16.5. The number of thiocarbonyl (C=S) groups is 1. The summed E-state index contributed by atoms with van der Waals surface area (Å²) < 4.78 is 0.305. The number of anilines is 1. The summed E-state index contributed by atoms with van der Waals surface area (Å²) in [6.07, 6.45) is 1.77. The van der Waals surface area contributed by atoms with Gasteiger partial charge in [-0.1, -0.05) is 54.3 Å². The number of nitrogens with one attached hydrogen (secondary N) is 1. The molecular formula is C20H16N2O4S2. The number of benzene rings is 2. The number of nitrogens with zero attached hydrogens (tertiary/aromatic N) is 1. The number of carboxylic acids is 1. The van der Waals surface area contributed by atoms with Gasteiger partial charge in [0.1, 0.15) is 10.9 Å². The van der Waals surface area contributed by atoms with Crippen LogP contribution in [-0.2, 0) is 9.59 Å². The van der Waals surface area contributed by atoms with Gasteiger partial charge in [-0.2, -0.15) is 0 Å². The van der Waals surface area contributed by atoms with Crippen molar-refractivity contribution < 1.29 is 19.5 Å². The summed E-state index contributed by atoms with van der Waals surface area (Å²) in [5, 5.41) is 11.6. The first kappa shape index (κ1) is 19.8. The summed E-state index contributed by atoms with van der Waals surface area (Å²) in [4.78, 5) is 37.7. The number of amides is 2. The Hall–Kier alpha value is -2.97. The van der Waals surface area contributed by atoms with E-state index in [1.807, 2.05) is 31.2 Å². The quantitative estimate of drug-likeness (QED) is 0.577. The highest BCUT2D eigenvalue weighted by molar-refractivity contribution is 8.26. The molecule has 2 amide bonds. The molecule has 0 aromatic heterocycles. The van der Waals surface area contributed by atoms with Gasteiger partial charge in [-0.3, -0.25) is 14.5 Å².